The van der Waals surface area contributed by atoms with Crippen molar-refractivity contribution in [1.82, 2.24) is 19.8 Å². The number of likely N-dealkylation sites (N-methyl/N-ethyl adjacent to an activating group) is 1. The quantitative estimate of drug-likeness (QED) is 0.846. The van der Waals surface area contributed by atoms with Gasteiger partial charge in [0.1, 0.15) is 11.0 Å². The average Bonchev–Trinajstić information content (AvgIpc) is 2.55. The van der Waals surface area contributed by atoms with E-state index in [1.54, 1.807) is 29.8 Å². The number of nitrogens with one attached hydrogen (secondary N) is 1. The van der Waals surface area contributed by atoms with Crippen LogP contribution in [0.4, 0.5) is 0 Å². The van der Waals surface area contributed by atoms with Gasteiger partial charge in [0.25, 0.3) is 0 Å². The standard InChI is InChI=1S/C10H17ClN4O/c1-7(10(16)14(2)3)12-6-9-13-5-8(11)15(9)4/h5,7,12H,6H2,1-4H3. The summed E-state index contributed by atoms with van der Waals surface area (Å²) in [6.07, 6.45) is 1.59. The molecule has 0 saturated heterocycles. The zero-order valence-electron chi connectivity index (χ0n) is 9.99. The third-order valence-corrected chi connectivity index (χ3v) is 2.76. The predicted octanol–water partition coefficient (Wildman–Crippen LogP) is 0.640. The van der Waals surface area contributed by atoms with Gasteiger partial charge >= 0.3 is 0 Å². The fourth-order valence-electron chi connectivity index (χ4n) is 1.31. The minimum absolute atomic E-state index is 0.0420. The van der Waals surface area contributed by atoms with E-state index in [4.69, 9.17) is 11.6 Å². The van der Waals surface area contributed by atoms with Crippen LogP contribution in [0, 0.1) is 0 Å². The minimum Gasteiger partial charge on any atom is -0.347 e. The van der Waals surface area contributed by atoms with Crippen LogP contribution in [0.25, 0.3) is 0 Å². The summed E-state index contributed by atoms with van der Waals surface area (Å²) in [4.78, 5) is 17.3. The molecule has 1 aromatic heterocycles. The van der Waals surface area contributed by atoms with Crippen LogP contribution in [0.2, 0.25) is 5.15 Å². The Labute approximate surface area is 100 Å². The predicted molar refractivity (Wildman–Crippen MR) is 63.2 cm³/mol. The van der Waals surface area contributed by atoms with Gasteiger partial charge in [-0.05, 0) is 6.92 Å². The van der Waals surface area contributed by atoms with Crippen molar-refractivity contribution in [3.05, 3.63) is 17.2 Å². The van der Waals surface area contributed by atoms with Crippen molar-refractivity contribution in [2.75, 3.05) is 14.1 Å². The SMILES string of the molecule is CC(NCc1ncc(Cl)n1C)C(=O)N(C)C. The summed E-state index contributed by atoms with van der Waals surface area (Å²) in [5, 5.41) is 3.69. The number of nitrogens with zero attached hydrogens (tertiary/aromatic N) is 3. The number of carbonyl (C=O) groups is 1. The molecule has 0 saturated carbocycles. The van der Waals surface area contributed by atoms with Crippen LogP contribution >= 0.6 is 11.6 Å². The molecular weight excluding hydrogens is 228 g/mol. The molecule has 1 rings (SSSR count). The Kier molecular flexibility index (Phi) is 4.32. The molecule has 1 amide bonds. The molecule has 0 aliphatic rings. The van der Waals surface area contributed by atoms with Crippen molar-refractivity contribution in [3.8, 4) is 0 Å². The summed E-state index contributed by atoms with van der Waals surface area (Å²) in [6.45, 7) is 2.34. The molecule has 1 atom stereocenters. The molecule has 90 valence electrons. The normalized spacial score (nSPS) is 12.6. The number of halogens is 1. The van der Waals surface area contributed by atoms with E-state index in [9.17, 15) is 4.79 Å². The third kappa shape index (κ3) is 2.96. The maximum absolute atomic E-state index is 11.6. The molecule has 1 unspecified atom stereocenters. The molecule has 0 spiro atoms. The molecule has 0 bridgehead atoms. The second-order valence-electron chi connectivity index (χ2n) is 3.89. The van der Waals surface area contributed by atoms with Crippen molar-refractivity contribution in [2.24, 2.45) is 7.05 Å². The number of hydrogen-bond acceptors (Lipinski definition) is 3. The van der Waals surface area contributed by atoms with E-state index in [0.717, 1.165) is 5.82 Å². The Morgan fingerprint density at radius 3 is 2.75 bits per heavy atom. The topological polar surface area (TPSA) is 50.2 Å². The summed E-state index contributed by atoms with van der Waals surface area (Å²) in [5.74, 6) is 0.851. The fourth-order valence-corrected chi connectivity index (χ4v) is 1.45. The summed E-state index contributed by atoms with van der Waals surface area (Å²) in [6, 6.07) is -0.231. The first kappa shape index (κ1) is 13.0. The number of rotatable bonds is 4. The lowest BCUT2D eigenvalue weighted by atomic mass is 10.3. The van der Waals surface area contributed by atoms with E-state index < -0.39 is 0 Å². The van der Waals surface area contributed by atoms with Crippen LogP contribution in [0.15, 0.2) is 6.20 Å². The minimum atomic E-state index is -0.231. The van der Waals surface area contributed by atoms with Crippen LogP contribution in [0.3, 0.4) is 0 Å². The second-order valence-corrected chi connectivity index (χ2v) is 4.28. The van der Waals surface area contributed by atoms with Crippen LogP contribution in [-0.2, 0) is 18.4 Å². The van der Waals surface area contributed by atoms with Gasteiger partial charge in [0.15, 0.2) is 0 Å². The number of imidazole rings is 1. The zero-order valence-corrected chi connectivity index (χ0v) is 10.7. The summed E-state index contributed by atoms with van der Waals surface area (Å²) >= 11 is 5.86. The smallest absolute Gasteiger partial charge is 0.238 e. The molecule has 0 radical (unpaired) electrons. The molecule has 0 fully saturated rings. The molecule has 1 aromatic rings. The first-order chi connectivity index (χ1) is 7.43. The van der Waals surface area contributed by atoms with E-state index in [1.807, 2.05) is 14.0 Å². The molecule has 0 aliphatic carbocycles. The number of hydrogen-bond donors (Lipinski definition) is 1. The van der Waals surface area contributed by atoms with Gasteiger partial charge < -0.3 is 9.47 Å². The Bertz CT molecular complexity index is 375. The average molecular weight is 245 g/mol. The van der Waals surface area contributed by atoms with Crippen molar-refractivity contribution in [3.63, 3.8) is 0 Å². The van der Waals surface area contributed by atoms with Crippen molar-refractivity contribution < 1.29 is 4.79 Å². The van der Waals surface area contributed by atoms with Crippen molar-refractivity contribution in [1.29, 1.82) is 0 Å². The molecule has 0 aromatic carbocycles. The zero-order chi connectivity index (χ0) is 12.3. The van der Waals surface area contributed by atoms with E-state index >= 15 is 0 Å². The molecule has 1 N–H and O–H groups in total. The molecule has 1 heterocycles. The lowest BCUT2D eigenvalue weighted by molar-refractivity contribution is -0.130. The molecular formula is C10H17ClN4O. The van der Waals surface area contributed by atoms with Gasteiger partial charge in [-0.2, -0.15) is 0 Å². The van der Waals surface area contributed by atoms with Crippen LogP contribution in [0.1, 0.15) is 12.7 Å². The Hall–Kier alpha value is -1.07. The van der Waals surface area contributed by atoms with Gasteiger partial charge in [-0.3, -0.25) is 10.1 Å². The van der Waals surface area contributed by atoms with Crippen LogP contribution in [0.5, 0.6) is 0 Å². The van der Waals surface area contributed by atoms with Gasteiger partial charge in [-0.25, -0.2) is 4.98 Å². The van der Waals surface area contributed by atoms with Crippen molar-refractivity contribution in [2.45, 2.75) is 19.5 Å². The highest BCUT2D eigenvalue weighted by Gasteiger charge is 2.14. The highest BCUT2D eigenvalue weighted by atomic mass is 35.5. The van der Waals surface area contributed by atoms with Gasteiger partial charge in [0, 0.05) is 21.1 Å². The van der Waals surface area contributed by atoms with E-state index in [-0.39, 0.29) is 11.9 Å². The highest BCUT2D eigenvalue weighted by molar-refractivity contribution is 6.29. The monoisotopic (exact) mass is 244 g/mol. The second kappa shape index (κ2) is 5.32. The highest BCUT2D eigenvalue weighted by Crippen LogP contribution is 2.08. The lowest BCUT2D eigenvalue weighted by Crippen LogP contribution is -2.41. The largest absolute Gasteiger partial charge is 0.347 e. The first-order valence-electron chi connectivity index (χ1n) is 5.04. The van der Waals surface area contributed by atoms with Crippen molar-refractivity contribution >= 4 is 17.5 Å². The number of aromatic nitrogens is 2. The first-order valence-corrected chi connectivity index (χ1v) is 5.42. The summed E-state index contributed by atoms with van der Waals surface area (Å²) < 4.78 is 1.78. The van der Waals surface area contributed by atoms with E-state index in [1.165, 1.54) is 0 Å². The Morgan fingerprint density at radius 2 is 2.31 bits per heavy atom. The van der Waals surface area contributed by atoms with E-state index in [2.05, 4.69) is 10.3 Å². The van der Waals surface area contributed by atoms with Crippen LogP contribution in [-0.4, -0.2) is 40.5 Å². The van der Waals surface area contributed by atoms with Gasteiger partial charge in [0.2, 0.25) is 5.91 Å². The molecule has 6 heteroatoms. The van der Waals surface area contributed by atoms with Crippen LogP contribution < -0.4 is 5.32 Å². The molecule has 5 nitrogen and oxygen atoms in total. The van der Waals surface area contributed by atoms with Gasteiger partial charge in [0.05, 0.1) is 18.8 Å². The van der Waals surface area contributed by atoms with Gasteiger partial charge in [-0.1, -0.05) is 11.6 Å². The summed E-state index contributed by atoms with van der Waals surface area (Å²) in [7, 11) is 5.31. The maximum Gasteiger partial charge on any atom is 0.238 e. The third-order valence-electron chi connectivity index (χ3n) is 2.41. The van der Waals surface area contributed by atoms with Gasteiger partial charge in [-0.15, -0.1) is 0 Å². The molecule has 0 aliphatic heterocycles. The molecule has 16 heavy (non-hydrogen) atoms. The van der Waals surface area contributed by atoms with E-state index in [0.29, 0.717) is 11.7 Å². The Morgan fingerprint density at radius 1 is 1.69 bits per heavy atom. The Balaban J connectivity index is 2.52. The lowest BCUT2D eigenvalue weighted by Gasteiger charge is -2.17. The number of amides is 1. The number of carbonyl (C=O) groups excluding carboxylic acids is 1. The fraction of sp³-hybridized carbons (Fsp3) is 0.600. The maximum atomic E-state index is 11.6. The summed E-state index contributed by atoms with van der Waals surface area (Å²) in [5.41, 5.74) is 0.